The normalized spacial score (nSPS) is 16.9. The van der Waals surface area contributed by atoms with Gasteiger partial charge in [0.1, 0.15) is 0 Å². The van der Waals surface area contributed by atoms with E-state index >= 15 is 0 Å². The molecule has 1 amide bonds. The van der Waals surface area contributed by atoms with Gasteiger partial charge in [0, 0.05) is 18.3 Å². The predicted octanol–water partition coefficient (Wildman–Crippen LogP) is 2.25. The molecule has 0 saturated carbocycles. The van der Waals surface area contributed by atoms with Crippen molar-refractivity contribution in [3.05, 3.63) is 29.3 Å². The van der Waals surface area contributed by atoms with Crippen LogP contribution in [0, 0.1) is 6.92 Å². The lowest BCUT2D eigenvalue weighted by Crippen LogP contribution is -2.43. The van der Waals surface area contributed by atoms with Gasteiger partial charge in [-0.05, 0) is 64.5 Å². The maximum absolute atomic E-state index is 12.4. The SMILES string of the molecule is CCNc1cc(C)ccc1C(=O)NC1CCN(C)CC1. The maximum atomic E-state index is 12.4. The number of hydrogen-bond acceptors (Lipinski definition) is 3. The monoisotopic (exact) mass is 275 g/mol. The molecule has 0 bridgehead atoms. The summed E-state index contributed by atoms with van der Waals surface area (Å²) in [6, 6.07) is 6.24. The van der Waals surface area contributed by atoms with Gasteiger partial charge in [-0.25, -0.2) is 0 Å². The molecule has 110 valence electrons. The molecule has 4 heteroatoms. The van der Waals surface area contributed by atoms with Crippen LogP contribution in [0.4, 0.5) is 5.69 Å². The average Bonchev–Trinajstić information content (AvgIpc) is 2.42. The molecule has 4 nitrogen and oxygen atoms in total. The molecule has 0 spiro atoms. The number of aryl methyl sites for hydroxylation is 1. The van der Waals surface area contributed by atoms with Crippen LogP contribution in [0.2, 0.25) is 0 Å². The highest BCUT2D eigenvalue weighted by Gasteiger charge is 2.20. The Balaban J connectivity index is 2.05. The third kappa shape index (κ3) is 3.73. The molecule has 1 aliphatic rings. The van der Waals surface area contributed by atoms with Gasteiger partial charge in [0.15, 0.2) is 0 Å². The number of piperidine rings is 1. The molecule has 20 heavy (non-hydrogen) atoms. The number of anilines is 1. The van der Waals surface area contributed by atoms with Crippen LogP contribution in [0.5, 0.6) is 0 Å². The Hall–Kier alpha value is -1.55. The van der Waals surface area contributed by atoms with Crippen LogP contribution >= 0.6 is 0 Å². The minimum atomic E-state index is 0.0375. The Morgan fingerprint density at radius 2 is 2.05 bits per heavy atom. The Morgan fingerprint density at radius 1 is 1.35 bits per heavy atom. The summed E-state index contributed by atoms with van der Waals surface area (Å²) in [4.78, 5) is 14.7. The minimum absolute atomic E-state index is 0.0375. The fourth-order valence-corrected chi connectivity index (χ4v) is 2.61. The van der Waals surface area contributed by atoms with Gasteiger partial charge < -0.3 is 15.5 Å². The van der Waals surface area contributed by atoms with Crippen molar-refractivity contribution < 1.29 is 4.79 Å². The predicted molar refractivity (Wildman–Crippen MR) is 83.3 cm³/mol. The smallest absolute Gasteiger partial charge is 0.253 e. The fourth-order valence-electron chi connectivity index (χ4n) is 2.61. The topological polar surface area (TPSA) is 44.4 Å². The Morgan fingerprint density at radius 3 is 2.70 bits per heavy atom. The van der Waals surface area contributed by atoms with Crippen LogP contribution < -0.4 is 10.6 Å². The Bertz CT molecular complexity index is 465. The molecule has 1 saturated heterocycles. The first-order valence-electron chi connectivity index (χ1n) is 7.44. The Labute approximate surface area is 121 Å². The first-order valence-corrected chi connectivity index (χ1v) is 7.44. The molecule has 0 aromatic heterocycles. The van der Waals surface area contributed by atoms with Crippen molar-refractivity contribution in [2.75, 3.05) is 32.0 Å². The standard InChI is InChI=1S/C16H25N3O/c1-4-17-15-11-12(2)5-6-14(15)16(20)18-13-7-9-19(3)10-8-13/h5-6,11,13,17H,4,7-10H2,1-3H3,(H,18,20). The number of hydrogen-bond donors (Lipinski definition) is 2. The maximum Gasteiger partial charge on any atom is 0.253 e. The van der Waals surface area contributed by atoms with E-state index in [0.717, 1.165) is 49.3 Å². The summed E-state index contributed by atoms with van der Waals surface area (Å²) >= 11 is 0. The van der Waals surface area contributed by atoms with Gasteiger partial charge in [-0.3, -0.25) is 4.79 Å². The van der Waals surface area contributed by atoms with Crippen LogP contribution in [0.15, 0.2) is 18.2 Å². The lowest BCUT2D eigenvalue weighted by Gasteiger charge is -2.29. The third-order valence-corrected chi connectivity index (χ3v) is 3.84. The first kappa shape index (κ1) is 14.9. The second-order valence-corrected chi connectivity index (χ2v) is 5.63. The van der Waals surface area contributed by atoms with E-state index < -0.39 is 0 Å². The highest BCUT2D eigenvalue weighted by Crippen LogP contribution is 2.18. The number of nitrogens with zero attached hydrogens (tertiary/aromatic N) is 1. The summed E-state index contributed by atoms with van der Waals surface area (Å²) in [7, 11) is 2.13. The molecule has 1 aromatic rings. The van der Waals surface area contributed by atoms with Crippen molar-refractivity contribution in [3.8, 4) is 0 Å². The summed E-state index contributed by atoms with van der Waals surface area (Å²) in [6.07, 6.45) is 2.06. The van der Waals surface area contributed by atoms with Crippen LogP contribution in [-0.2, 0) is 0 Å². The van der Waals surface area contributed by atoms with Crippen LogP contribution in [0.3, 0.4) is 0 Å². The molecule has 0 unspecified atom stereocenters. The van der Waals surface area contributed by atoms with Crippen molar-refractivity contribution in [3.63, 3.8) is 0 Å². The van der Waals surface area contributed by atoms with E-state index in [0.29, 0.717) is 6.04 Å². The van der Waals surface area contributed by atoms with Crippen LogP contribution in [0.25, 0.3) is 0 Å². The lowest BCUT2D eigenvalue weighted by atomic mass is 10.0. The summed E-state index contributed by atoms with van der Waals surface area (Å²) in [5.74, 6) is 0.0375. The number of carbonyl (C=O) groups is 1. The summed E-state index contributed by atoms with van der Waals surface area (Å²) in [6.45, 7) is 7.01. The molecule has 2 N–H and O–H groups in total. The van der Waals surface area contributed by atoms with E-state index in [1.165, 1.54) is 0 Å². The van der Waals surface area contributed by atoms with E-state index in [1.807, 2.05) is 32.0 Å². The second kappa shape index (κ2) is 6.75. The van der Waals surface area contributed by atoms with Crippen molar-refractivity contribution in [1.82, 2.24) is 10.2 Å². The number of likely N-dealkylation sites (tertiary alicyclic amines) is 1. The van der Waals surface area contributed by atoms with Gasteiger partial charge in [0.25, 0.3) is 5.91 Å². The molecule has 1 aliphatic heterocycles. The molecule has 1 fully saturated rings. The zero-order valence-corrected chi connectivity index (χ0v) is 12.7. The quantitative estimate of drug-likeness (QED) is 0.886. The van der Waals surface area contributed by atoms with Crippen molar-refractivity contribution in [2.45, 2.75) is 32.7 Å². The van der Waals surface area contributed by atoms with Gasteiger partial charge in [0.05, 0.1) is 5.56 Å². The second-order valence-electron chi connectivity index (χ2n) is 5.63. The van der Waals surface area contributed by atoms with E-state index in [2.05, 4.69) is 22.6 Å². The molecule has 0 atom stereocenters. The molecule has 1 heterocycles. The van der Waals surface area contributed by atoms with Crippen LogP contribution in [-0.4, -0.2) is 43.5 Å². The number of nitrogens with one attached hydrogen (secondary N) is 2. The van der Waals surface area contributed by atoms with Crippen molar-refractivity contribution in [1.29, 1.82) is 0 Å². The van der Waals surface area contributed by atoms with E-state index in [9.17, 15) is 4.79 Å². The first-order chi connectivity index (χ1) is 9.60. The van der Waals surface area contributed by atoms with Gasteiger partial charge in [0.2, 0.25) is 0 Å². The molecular formula is C16H25N3O. The summed E-state index contributed by atoms with van der Waals surface area (Å²) < 4.78 is 0. The molecule has 0 radical (unpaired) electrons. The zero-order valence-electron chi connectivity index (χ0n) is 12.7. The number of carbonyl (C=O) groups excluding carboxylic acids is 1. The number of benzene rings is 1. The zero-order chi connectivity index (χ0) is 14.5. The summed E-state index contributed by atoms with van der Waals surface area (Å²) in [5.41, 5.74) is 2.84. The van der Waals surface area contributed by atoms with E-state index in [4.69, 9.17) is 0 Å². The molecule has 0 aliphatic carbocycles. The number of rotatable bonds is 4. The third-order valence-electron chi connectivity index (χ3n) is 3.84. The summed E-state index contributed by atoms with van der Waals surface area (Å²) in [5, 5.41) is 6.44. The van der Waals surface area contributed by atoms with Gasteiger partial charge >= 0.3 is 0 Å². The average molecular weight is 275 g/mol. The van der Waals surface area contributed by atoms with Gasteiger partial charge in [-0.1, -0.05) is 6.07 Å². The largest absolute Gasteiger partial charge is 0.385 e. The molecule has 2 rings (SSSR count). The molecule has 1 aromatic carbocycles. The number of amides is 1. The van der Waals surface area contributed by atoms with Gasteiger partial charge in [-0.15, -0.1) is 0 Å². The Kier molecular flexibility index (Phi) is 5.01. The van der Waals surface area contributed by atoms with Crippen molar-refractivity contribution >= 4 is 11.6 Å². The van der Waals surface area contributed by atoms with Crippen LogP contribution in [0.1, 0.15) is 35.7 Å². The van der Waals surface area contributed by atoms with Crippen molar-refractivity contribution in [2.24, 2.45) is 0 Å². The fraction of sp³-hybridized carbons (Fsp3) is 0.562. The van der Waals surface area contributed by atoms with Gasteiger partial charge in [-0.2, -0.15) is 0 Å². The van der Waals surface area contributed by atoms with E-state index in [1.54, 1.807) is 0 Å². The highest BCUT2D eigenvalue weighted by atomic mass is 16.1. The van der Waals surface area contributed by atoms with E-state index in [-0.39, 0.29) is 5.91 Å². The molecular weight excluding hydrogens is 250 g/mol. The minimum Gasteiger partial charge on any atom is -0.385 e. The highest BCUT2D eigenvalue weighted by molar-refractivity contribution is 5.99. The lowest BCUT2D eigenvalue weighted by molar-refractivity contribution is 0.0917.